The Morgan fingerprint density at radius 3 is 2.75 bits per heavy atom. The van der Waals surface area contributed by atoms with E-state index in [2.05, 4.69) is 33.3 Å². The highest BCUT2D eigenvalue weighted by Gasteiger charge is 2.31. The van der Waals surface area contributed by atoms with Crippen molar-refractivity contribution in [1.82, 2.24) is 14.7 Å². The summed E-state index contributed by atoms with van der Waals surface area (Å²) in [6.45, 7) is 4.57. The summed E-state index contributed by atoms with van der Waals surface area (Å²) < 4.78 is 2.08. The molecule has 0 aromatic carbocycles. The number of rotatable bonds is 6. The summed E-state index contributed by atoms with van der Waals surface area (Å²) in [5.41, 5.74) is 1.10. The quantitative estimate of drug-likeness (QED) is 0.860. The van der Waals surface area contributed by atoms with E-state index < -0.39 is 0 Å². The minimum absolute atomic E-state index is 0.0735. The van der Waals surface area contributed by atoms with E-state index in [-0.39, 0.29) is 5.56 Å². The maximum absolute atomic E-state index is 12.2. The first-order chi connectivity index (χ1) is 9.41. The van der Waals surface area contributed by atoms with Crippen molar-refractivity contribution in [3.8, 4) is 0 Å². The van der Waals surface area contributed by atoms with Crippen LogP contribution in [0.3, 0.4) is 0 Å². The molecular weight excluding hydrogens is 320 g/mol. The molecule has 0 unspecified atom stereocenters. The Morgan fingerprint density at radius 2 is 2.20 bits per heavy atom. The maximum atomic E-state index is 12.2. The van der Waals surface area contributed by atoms with Gasteiger partial charge in [0.2, 0.25) is 0 Å². The van der Waals surface area contributed by atoms with Crippen LogP contribution in [0.15, 0.2) is 15.5 Å². The Bertz CT molecular complexity index is 522. The molecule has 1 fully saturated rings. The van der Waals surface area contributed by atoms with E-state index in [1.165, 1.54) is 23.9 Å². The van der Waals surface area contributed by atoms with Gasteiger partial charge in [-0.2, -0.15) is 5.10 Å². The molecule has 0 radical (unpaired) electrons. The largest absolute Gasteiger partial charge is 0.382 e. The molecule has 5 nitrogen and oxygen atoms in total. The number of likely N-dealkylation sites (N-methyl/N-ethyl adjacent to an activating group) is 1. The molecule has 112 valence electrons. The van der Waals surface area contributed by atoms with Gasteiger partial charge in [0.1, 0.15) is 4.47 Å². The van der Waals surface area contributed by atoms with Crippen molar-refractivity contribution in [2.24, 2.45) is 5.41 Å². The molecule has 0 saturated heterocycles. The lowest BCUT2D eigenvalue weighted by molar-refractivity contribution is 0.180. The Balaban J connectivity index is 2.04. The van der Waals surface area contributed by atoms with Crippen LogP contribution in [0.1, 0.15) is 26.2 Å². The van der Waals surface area contributed by atoms with Gasteiger partial charge in [-0.25, -0.2) is 4.68 Å². The summed E-state index contributed by atoms with van der Waals surface area (Å²) in [4.78, 5) is 14.2. The topological polar surface area (TPSA) is 50.2 Å². The van der Waals surface area contributed by atoms with Gasteiger partial charge >= 0.3 is 0 Å². The van der Waals surface area contributed by atoms with Crippen molar-refractivity contribution < 1.29 is 0 Å². The van der Waals surface area contributed by atoms with E-state index >= 15 is 0 Å². The number of hydrogen-bond acceptors (Lipinski definition) is 4. The smallest absolute Gasteiger partial charge is 0.283 e. The average molecular weight is 343 g/mol. The zero-order chi connectivity index (χ0) is 14.8. The Kier molecular flexibility index (Phi) is 4.86. The van der Waals surface area contributed by atoms with Gasteiger partial charge in [0.15, 0.2) is 0 Å². The maximum Gasteiger partial charge on any atom is 0.283 e. The molecule has 0 amide bonds. The van der Waals surface area contributed by atoms with Gasteiger partial charge in [-0.15, -0.1) is 0 Å². The third-order valence-electron chi connectivity index (χ3n) is 4.01. The number of anilines is 1. The third-order valence-corrected chi connectivity index (χ3v) is 4.78. The normalized spacial score (nSPS) is 17.1. The molecule has 2 rings (SSSR count). The molecule has 20 heavy (non-hydrogen) atoms. The number of nitrogens with zero attached hydrogens (tertiary/aromatic N) is 3. The second-order valence-electron chi connectivity index (χ2n) is 6.22. The summed E-state index contributed by atoms with van der Waals surface area (Å²) in [5, 5.41) is 7.60. The first kappa shape index (κ1) is 15.5. The van der Waals surface area contributed by atoms with Crippen LogP contribution in [0, 0.1) is 5.41 Å². The zero-order valence-electron chi connectivity index (χ0n) is 12.4. The van der Waals surface area contributed by atoms with Crippen molar-refractivity contribution in [3.63, 3.8) is 0 Å². The molecule has 1 aliphatic carbocycles. The number of nitrogens with one attached hydrogen (secondary N) is 1. The molecule has 6 heteroatoms. The summed E-state index contributed by atoms with van der Waals surface area (Å²) in [6.07, 6.45) is 5.56. The first-order valence-corrected chi connectivity index (χ1v) is 7.85. The highest BCUT2D eigenvalue weighted by atomic mass is 79.9. The van der Waals surface area contributed by atoms with Crippen LogP contribution < -0.4 is 10.9 Å². The molecule has 1 aromatic rings. The predicted molar refractivity (Wildman–Crippen MR) is 85.2 cm³/mol. The molecule has 0 spiro atoms. The molecule has 1 saturated carbocycles. The predicted octanol–water partition coefficient (Wildman–Crippen LogP) is 2.17. The minimum Gasteiger partial charge on any atom is -0.382 e. The van der Waals surface area contributed by atoms with E-state index in [9.17, 15) is 4.79 Å². The highest BCUT2D eigenvalue weighted by molar-refractivity contribution is 9.10. The molecular formula is C14H23BrN4O. The van der Waals surface area contributed by atoms with Gasteiger partial charge in [0.25, 0.3) is 5.56 Å². The van der Waals surface area contributed by atoms with Crippen LogP contribution in [0.2, 0.25) is 0 Å². The fraction of sp³-hybridized carbons (Fsp3) is 0.714. The Hall–Kier alpha value is -0.880. The van der Waals surface area contributed by atoms with Crippen molar-refractivity contribution >= 4 is 21.6 Å². The van der Waals surface area contributed by atoms with Gasteiger partial charge in [0.05, 0.1) is 18.4 Å². The van der Waals surface area contributed by atoms with Crippen LogP contribution in [-0.2, 0) is 6.54 Å². The third kappa shape index (κ3) is 3.61. The summed E-state index contributed by atoms with van der Waals surface area (Å²) in [6, 6.07) is 0. The molecule has 1 aliphatic rings. The zero-order valence-corrected chi connectivity index (χ0v) is 14.0. The van der Waals surface area contributed by atoms with E-state index in [0.29, 0.717) is 16.4 Å². The van der Waals surface area contributed by atoms with E-state index in [4.69, 9.17) is 0 Å². The lowest BCUT2D eigenvalue weighted by Gasteiger charge is -2.38. The molecule has 0 bridgehead atoms. The molecule has 0 atom stereocenters. The van der Waals surface area contributed by atoms with Crippen molar-refractivity contribution in [2.75, 3.05) is 32.5 Å². The van der Waals surface area contributed by atoms with E-state index in [1.807, 2.05) is 19.0 Å². The number of aromatic nitrogens is 2. The van der Waals surface area contributed by atoms with Crippen LogP contribution in [0.25, 0.3) is 0 Å². The van der Waals surface area contributed by atoms with Crippen molar-refractivity contribution in [3.05, 3.63) is 21.0 Å². The highest BCUT2D eigenvalue weighted by Crippen LogP contribution is 2.40. The lowest BCUT2D eigenvalue weighted by Crippen LogP contribution is -2.34. The molecule has 1 N–H and O–H groups in total. The van der Waals surface area contributed by atoms with Gasteiger partial charge in [-0.1, -0.05) is 13.3 Å². The van der Waals surface area contributed by atoms with E-state index in [0.717, 1.165) is 18.8 Å². The fourth-order valence-electron chi connectivity index (χ4n) is 2.31. The molecule has 1 heterocycles. The summed E-state index contributed by atoms with van der Waals surface area (Å²) >= 11 is 3.40. The van der Waals surface area contributed by atoms with Crippen molar-refractivity contribution in [2.45, 2.75) is 32.7 Å². The fourth-order valence-corrected chi connectivity index (χ4v) is 2.76. The van der Waals surface area contributed by atoms with Crippen LogP contribution in [0.4, 0.5) is 5.69 Å². The molecule has 0 aliphatic heterocycles. The summed E-state index contributed by atoms with van der Waals surface area (Å²) in [5.74, 6) is 0. The lowest BCUT2D eigenvalue weighted by atomic mass is 9.70. The monoisotopic (exact) mass is 342 g/mol. The van der Waals surface area contributed by atoms with Crippen LogP contribution in [0.5, 0.6) is 0 Å². The SMILES string of the molecule is CN(C)CCn1ncc(NCC2(C)CCC2)c(Br)c1=O. The van der Waals surface area contributed by atoms with Gasteiger partial charge in [-0.05, 0) is 48.3 Å². The van der Waals surface area contributed by atoms with Crippen LogP contribution >= 0.6 is 15.9 Å². The summed E-state index contributed by atoms with van der Waals surface area (Å²) in [7, 11) is 3.96. The van der Waals surface area contributed by atoms with Gasteiger partial charge in [0, 0.05) is 13.1 Å². The van der Waals surface area contributed by atoms with Gasteiger partial charge in [-0.3, -0.25) is 4.79 Å². The van der Waals surface area contributed by atoms with Crippen LogP contribution in [-0.4, -0.2) is 41.9 Å². The first-order valence-electron chi connectivity index (χ1n) is 7.05. The van der Waals surface area contributed by atoms with Gasteiger partial charge < -0.3 is 10.2 Å². The Morgan fingerprint density at radius 1 is 1.50 bits per heavy atom. The number of hydrogen-bond donors (Lipinski definition) is 1. The second-order valence-corrected chi connectivity index (χ2v) is 7.01. The van der Waals surface area contributed by atoms with E-state index in [1.54, 1.807) is 6.20 Å². The Labute approximate surface area is 128 Å². The van der Waals surface area contributed by atoms with Crippen molar-refractivity contribution in [1.29, 1.82) is 0 Å². The minimum atomic E-state index is -0.0735. The molecule has 1 aromatic heterocycles. The standard InChI is InChI=1S/C14H23BrN4O/c1-14(5-4-6-14)10-16-11-9-17-19(8-7-18(2)3)13(20)12(11)15/h9,16H,4-8,10H2,1-3H3. The second kappa shape index (κ2) is 6.26. The number of halogens is 1. The average Bonchev–Trinajstić information content (AvgIpc) is 2.37.